The third-order valence-corrected chi connectivity index (χ3v) is 3.79. The number of aromatic nitrogens is 1. The van der Waals surface area contributed by atoms with Gasteiger partial charge in [0.15, 0.2) is 0 Å². The molecule has 1 fully saturated rings. The molecule has 1 amide bonds. The molecule has 0 bridgehead atoms. The molecule has 20 heavy (non-hydrogen) atoms. The van der Waals surface area contributed by atoms with Crippen molar-refractivity contribution in [1.82, 2.24) is 14.8 Å². The standard InChI is InChI=1S/C12H17N3O4S/c1-14(7-11(16)17)12(18)9-8-20-10(13-9)6-15-2-4-19-5-3-15/h8H,2-7H2,1H3,(H,16,17). The van der Waals surface area contributed by atoms with E-state index in [2.05, 4.69) is 9.88 Å². The number of carbonyl (C=O) groups excluding carboxylic acids is 1. The van der Waals surface area contributed by atoms with E-state index in [-0.39, 0.29) is 12.5 Å². The highest BCUT2D eigenvalue weighted by molar-refractivity contribution is 7.09. The molecular formula is C12H17N3O4S. The van der Waals surface area contributed by atoms with E-state index < -0.39 is 5.97 Å². The van der Waals surface area contributed by atoms with Gasteiger partial charge >= 0.3 is 5.97 Å². The van der Waals surface area contributed by atoms with Crippen molar-refractivity contribution in [2.75, 3.05) is 39.9 Å². The van der Waals surface area contributed by atoms with Crippen LogP contribution in [0.3, 0.4) is 0 Å². The summed E-state index contributed by atoms with van der Waals surface area (Å²) in [4.78, 5) is 30.2. The summed E-state index contributed by atoms with van der Waals surface area (Å²) in [6, 6.07) is 0. The molecule has 2 rings (SSSR count). The largest absolute Gasteiger partial charge is 0.480 e. The van der Waals surface area contributed by atoms with Gasteiger partial charge in [-0.3, -0.25) is 14.5 Å². The minimum atomic E-state index is -1.04. The number of ether oxygens (including phenoxy) is 1. The lowest BCUT2D eigenvalue weighted by atomic mass is 10.4. The van der Waals surface area contributed by atoms with E-state index in [1.54, 1.807) is 5.38 Å². The van der Waals surface area contributed by atoms with Gasteiger partial charge in [-0.05, 0) is 0 Å². The van der Waals surface area contributed by atoms with Crippen molar-refractivity contribution in [3.05, 3.63) is 16.1 Å². The van der Waals surface area contributed by atoms with Crippen LogP contribution in [0.4, 0.5) is 0 Å². The minimum Gasteiger partial charge on any atom is -0.480 e. The third-order valence-electron chi connectivity index (χ3n) is 2.95. The first kappa shape index (κ1) is 14.9. The first-order chi connectivity index (χ1) is 9.56. The van der Waals surface area contributed by atoms with E-state index in [1.807, 2.05) is 0 Å². The zero-order valence-corrected chi connectivity index (χ0v) is 12.1. The molecular weight excluding hydrogens is 282 g/mol. The molecule has 1 aliphatic heterocycles. The summed E-state index contributed by atoms with van der Waals surface area (Å²) in [5, 5.41) is 11.2. The lowest BCUT2D eigenvalue weighted by molar-refractivity contribution is -0.137. The molecule has 1 aliphatic rings. The van der Waals surface area contributed by atoms with Gasteiger partial charge in [-0.2, -0.15) is 0 Å². The number of morpholine rings is 1. The number of carboxylic acid groups (broad SMARTS) is 1. The number of aliphatic carboxylic acids is 1. The van der Waals surface area contributed by atoms with Gasteiger partial charge in [0, 0.05) is 25.5 Å². The molecule has 0 unspecified atom stereocenters. The quantitative estimate of drug-likeness (QED) is 0.832. The number of likely N-dealkylation sites (N-methyl/N-ethyl adjacent to an activating group) is 1. The number of hydrogen-bond acceptors (Lipinski definition) is 6. The van der Waals surface area contributed by atoms with Crippen molar-refractivity contribution >= 4 is 23.2 Å². The van der Waals surface area contributed by atoms with E-state index in [0.717, 1.165) is 36.2 Å². The van der Waals surface area contributed by atoms with Gasteiger partial charge < -0.3 is 14.7 Å². The van der Waals surface area contributed by atoms with Gasteiger partial charge in [0.1, 0.15) is 17.2 Å². The molecule has 1 saturated heterocycles. The van der Waals surface area contributed by atoms with Crippen molar-refractivity contribution < 1.29 is 19.4 Å². The van der Waals surface area contributed by atoms with Crippen molar-refractivity contribution in [3.63, 3.8) is 0 Å². The highest BCUT2D eigenvalue weighted by Gasteiger charge is 2.19. The summed E-state index contributed by atoms with van der Waals surface area (Å²) in [7, 11) is 1.46. The second kappa shape index (κ2) is 6.78. The van der Waals surface area contributed by atoms with Crippen molar-refractivity contribution in [3.8, 4) is 0 Å². The SMILES string of the molecule is CN(CC(=O)O)C(=O)c1csc(CN2CCOCC2)n1. The Labute approximate surface area is 120 Å². The second-order valence-electron chi connectivity index (χ2n) is 4.57. The lowest BCUT2D eigenvalue weighted by Crippen LogP contribution is -2.35. The number of thiazole rings is 1. The highest BCUT2D eigenvalue weighted by Crippen LogP contribution is 2.14. The van der Waals surface area contributed by atoms with E-state index >= 15 is 0 Å². The van der Waals surface area contributed by atoms with Gasteiger partial charge in [0.25, 0.3) is 5.91 Å². The molecule has 7 nitrogen and oxygen atoms in total. The maximum atomic E-state index is 12.0. The molecule has 0 radical (unpaired) electrons. The number of hydrogen-bond donors (Lipinski definition) is 1. The Morgan fingerprint density at radius 2 is 2.20 bits per heavy atom. The van der Waals surface area contributed by atoms with Gasteiger partial charge in [-0.15, -0.1) is 11.3 Å². The Kier molecular flexibility index (Phi) is 5.05. The summed E-state index contributed by atoms with van der Waals surface area (Å²) in [6.45, 7) is 3.54. The second-order valence-corrected chi connectivity index (χ2v) is 5.51. The summed E-state index contributed by atoms with van der Waals surface area (Å²) >= 11 is 1.42. The van der Waals surface area contributed by atoms with Crippen LogP contribution in [-0.2, 0) is 16.1 Å². The predicted molar refractivity (Wildman–Crippen MR) is 72.8 cm³/mol. The Balaban J connectivity index is 1.93. The predicted octanol–water partition coefficient (Wildman–Crippen LogP) is 0.132. The fourth-order valence-electron chi connectivity index (χ4n) is 1.90. The summed E-state index contributed by atoms with van der Waals surface area (Å²) in [5.74, 6) is -1.40. The fraction of sp³-hybridized carbons (Fsp3) is 0.583. The van der Waals surface area contributed by atoms with Gasteiger partial charge in [-0.1, -0.05) is 0 Å². The normalized spacial score (nSPS) is 16.1. The van der Waals surface area contributed by atoms with Crippen LogP contribution in [0.2, 0.25) is 0 Å². The summed E-state index contributed by atoms with van der Waals surface area (Å²) in [5.41, 5.74) is 0.307. The number of carbonyl (C=O) groups is 2. The van der Waals surface area contributed by atoms with E-state index in [9.17, 15) is 9.59 Å². The van der Waals surface area contributed by atoms with Crippen LogP contribution in [0.15, 0.2) is 5.38 Å². The van der Waals surface area contributed by atoms with E-state index in [4.69, 9.17) is 9.84 Å². The Bertz CT molecular complexity index is 485. The molecule has 8 heteroatoms. The molecule has 2 heterocycles. The number of amides is 1. The highest BCUT2D eigenvalue weighted by atomic mass is 32.1. The van der Waals surface area contributed by atoms with Crippen LogP contribution in [-0.4, -0.2) is 71.7 Å². The van der Waals surface area contributed by atoms with Gasteiger partial charge in [0.2, 0.25) is 0 Å². The average Bonchev–Trinajstić information content (AvgIpc) is 2.86. The minimum absolute atomic E-state index is 0.307. The first-order valence-corrected chi connectivity index (χ1v) is 7.16. The monoisotopic (exact) mass is 299 g/mol. The van der Waals surface area contributed by atoms with Gasteiger partial charge in [-0.25, -0.2) is 4.98 Å². The Hall–Kier alpha value is -1.51. The molecule has 0 aliphatic carbocycles. The maximum absolute atomic E-state index is 12.0. The smallest absolute Gasteiger partial charge is 0.323 e. The van der Waals surface area contributed by atoms with Crippen LogP contribution >= 0.6 is 11.3 Å². The number of carboxylic acids is 1. The molecule has 0 atom stereocenters. The fourth-order valence-corrected chi connectivity index (χ4v) is 2.71. The van der Waals surface area contributed by atoms with Gasteiger partial charge in [0.05, 0.1) is 19.8 Å². The van der Waals surface area contributed by atoms with Crippen LogP contribution in [0.25, 0.3) is 0 Å². The zero-order valence-electron chi connectivity index (χ0n) is 11.2. The first-order valence-electron chi connectivity index (χ1n) is 6.28. The molecule has 0 saturated carbocycles. The van der Waals surface area contributed by atoms with Crippen LogP contribution in [0.1, 0.15) is 15.5 Å². The summed E-state index contributed by atoms with van der Waals surface area (Å²) in [6.07, 6.45) is 0. The van der Waals surface area contributed by atoms with Crippen molar-refractivity contribution in [2.45, 2.75) is 6.54 Å². The molecule has 0 spiro atoms. The van der Waals surface area contributed by atoms with Crippen molar-refractivity contribution in [2.24, 2.45) is 0 Å². The molecule has 0 aromatic carbocycles. The molecule has 1 aromatic heterocycles. The molecule has 1 aromatic rings. The number of rotatable bonds is 5. The Morgan fingerprint density at radius 1 is 1.50 bits per heavy atom. The topological polar surface area (TPSA) is 83.0 Å². The van der Waals surface area contributed by atoms with Crippen LogP contribution in [0, 0.1) is 0 Å². The van der Waals surface area contributed by atoms with Crippen LogP contribution in [0.5, 0.6) is 0 Å². The van der Waals surface area contributed by atoms with E-state index in [0.29, 0.717) is 12.2 Å². The zero-order chi connectivity index (χ0) is 14.5. The van der Waals surface area contributed by atoms with Crippen molar-refractivity contribution in [1.29, 1.82) is 0 Å². The maximum Gasteiger partial charge on any atom is 0.323 e. The molecule has 1 N–H and O–H groups in total. The average molecular weight is 299 g/mol. The summed E-state index contributed by atoms with van der Waals surface area (Å²) < 4.78 is 5.27. The number of nitrogens with zero attached hydrogens (tertiary/aromatic N) is 3. The Morgan fingerprint density at radius 3 is 2.85 bits per heavy atom. The third kappa shape index (κ3) is 3.99. The van der Waals surface area contributed by atoms with Crippen LogP contribution < -0.4 is 0 Å². The van der Waals surface area contributed by atoms with E-state index in [1.165, 1.54) is 18.4 Å². The molecule has 110 valence electrons. The lowest BCUT2D eigenvalue weighted by Gasteiger charge is -2.25.